The molecule has 0 saturated heterocycles. The summed E-state index contributed by atoms with van der Waals surface area (Å²) in [7, 11) is 0. The summed E-state index contributed by atoms with van der Waals surface area (Å²) in [4.78, 5) is 23.6. The first-order valence-corrected chi connectivity index (χ1v) is 8.54. The van der Waals surface area contributed by atoms with E-state index in [1.807, 2.05) is 24.3 Å². The average Bonchev–Trinajstić information content (AvgIpc) is 2.94. The second kappa shape index (κ2) is 6.36. The highest BCUT2D eigenvalue weighted by Crippen LogP contribution is 2.39. The summed E-state index contributed by atoms with van der Waals surface area (Å²) < 4.78 is 5.87. The highest BCUT2D eigenvalue weighted by atomic mass is 16.5. The molecule has 2 aromatic rings. The molecular weight excluding hydrogens is 316 g/mol. The third-order valence-electron chi connectivity index (χ3n) is 4.70. The minimum Gasteiger partial charge on any atom is -0.478 e. The van der Waals surface area contributed by atoms with Crippen molar-refractivity contribution in [3.63, 3.8) is 0 Å². The van der Waals surface area contributed by atoms with E-state index in [0.717, 1.165) is 35.1 Å². The Bertz CT molecular complexity index is 849. The molecule has 0 fully saturated rings. The summed E-state index contributed by atoms with van der Waals surface area (Å²) in [6, 6.07) is 11.7. The van der Waals surface area contributed by atoms with Gasteiger partial charge in [-0.2, -0.15) is 0 Å². The number of ketones is 1. The molecule has 3 rings (SSSR count). The first-order chi connectivity index (χ1) is 11.8. The van der Waals surface area contributed by atoms with Crippen LogP contribution in [0.5, 0.6) is 5.75 Å². The molecule has 0 aliphatic heterocycles. The summed E-state index contributed by atoms with van der Waals surface area (Å²) in [5, 5.41) is 9.42. The Hall–Kier alpha value is -2.62. The number of fused-ring (bicyclic) bond motifs is 1. The van der Waals surface area contributed by atoms with Gasteiger partial charge >= 0.3 is 5.97 Å². The molecule has 0 saturated carbocycles. The van der Waals surface area contributed by atoms with Crippen molar-refractivity contribution in [1.29, 1.82) is 0 Å². The number of benzene rings is 2. The summed E-state index contributed by atoms with van der Waals surface area (Å²) in [5.41, 5.74) is 3.29. The number of carboxylic acid groups (broad SMARTS) is 1. The standard InChI is InChI=1S/C21H22O4/c1-4-13-7-5-6-8-15(13)17-11-14-9-10-18(22)16(14)12-19(17)25-21(2,3)20(23)24/h5-8,11-12H,4,9-10H2,1-3H3,(H,23,24). The van der Waals surface area contributed by atoms with Gasteiger partial charge in [-0.3, -0.25) is 4.79 Å². The molecule has 0 bridgehead atoms. The van der Waals surface area contributed by atoms with E-state index < -0.39 is 11.6 Å². The van der Waals surface area contributed by atoms with Crippen molar-refractivity contribution in [2.45, 2.75) is 45.6 Å². The first kappa shape index (κ1) is 17.2. The van der Waals surface area contributed by atoms with Gasteiger partial charge in [0.2, 0.25) is 0 Å². The van der Waals surface area contributed by atoms with E-state index in [0.29, 0.717) is 17.7 Å². The predicted molar refractivity (Wildman–Crippen MR) is 96.3 cm³/mol. The monoisotopic (exact) mass is 338 g/mol. The van der Waals surface area contributed by atoms with Crippen LogP contribution in [0.15, 0.2) is 36.4 Å². The van der Waals surface area contributed by atoms with Gasteiger partial charge in [0.05, 0.1) is 0 Å². The molecule has 0 unspecified atom stereocenters. The zero-order valence-electron chi connectivity index (χ0n) is 14.8. The van der Waals surface area contributed by atoms with Crippen LogP contribution in [0.25, 0.3) is 11.1 Å². The molecule has 130 valence electrons. The lowest BCUT2D eigenvalue weighted by atomic mass is 9.94. The molecule has 4 heteroatoms. The van der Waals surface area contributed by atoms with E-state index in [1.165, 1.54) is 13.8 Å². The van der Waals surface area contributed by atoms with Gasteiger partial charge in [0.1, 0.15) is 5.75 Å². The minimum absolute atomic E-state index is 0.0864. The predicted octanol–water partition coefficient (Wildman–Crippen LogP) is 4.29. The van der Waals surface area contributed by atoms with Crippen molar-refractivity contribution in [2.75, 3.05) is 0 Å². The van der Waals surface area contributed by atoms with Crippen LogP contribution >= 0.6 is 0 Å². The maximum atomic E-state index is 12.1. The highest BCUT2D eigenvalue weighted by Gasteiger charge is 2.32. The molecule has 4 nitrogen and oxygen atoms in total. The number of aryl methyl sites for hydroxylation is 2. The maximum absolute atomic E-state index is 12.1. The normalized spacial score (nSPS) is 13.6. The number of carbonyl (C=O) groups is 2. The van der Waals surface area contributed by atoms with E-state index in [1.54, 1.807) is 6.07 Å². The molecule has 0 heterocycles. The molecule has 0 amide bonds. The molecule has 0 spiro atoms. The lowest BCUT2D eigenvalue weighted by Gasteiger charge is -2.24. The lowest BCUT2D eigenvalue weighted by molar-refractivity contribution is -0.152. The Labute approximate surface area is 147 Å². The number of aliphatic carboxylic acids is 1. The number of Topliss-reactive ketones (excluding diaryl/α,β-unsaturated/α-hetero) is 1. The van der Waals surface area contributed by atoms with Crippen LogP contribution in [0.1, 0.15) is 48.7 Å². The number of carboxylic acids is 1. The van der Waals surface area contributed by atoms with Crippen LogP contribution in [-0.2, 0) is 17.6 Å². The molecule has 25 heavy (non-hydrogen) atoms. The van der Waals surface area contributed by atoms with Crippen LogP contribution in [0.4, 0.5) is 0 Å². The summed E-state index contributed by atoms with van der Waals surface area (Å²) in [5.74, 6) is -0.514. The van der Waals surface area contributed by atoms with Gasteiger partial charge in [0, 0.05) is 17.5 Å². The number of ether oxygens (including phenoxy) is 1. The van der Waals surface area contributed by atoms with Gasteiger partial charge in [-0.25, -0.2) is 4.79 Å². The van der Waals surface area contributed by atoms with Crippen LogP contribution in [-0.4, -0.2) is 22.5 Å². The third-order valence-corrected chi connectivity index (χ3v) is 4.70. The van der Waals surface area contributed by atoms with Gasteiger partial charge in [-0.1, -0.05) is 31.2 Å². The van der Waals surface area contributed by atoms with Crippen molar-refractivity contribution in [1.82, 2.24) is 0 Å². The van der Waals surface area contributed by atoms with Gasteiger partial charge in [-0.15, -0.1) is 0 Å². The largest absolute Gasteiger partial charge is 0.478 e. The number of hydrogen-bond acceptors (Lipinski definition) is 3. The summed E-state index contributed by atoms with van der Waals surface area (Å²) in [6.45, 7) is 5.11. The molecule has 2 aromatic carbocycles. The van der Waals surface area contributed by atoms with Gasteiger partial charge in [-0.05, 0) is 55.5 Å². The second-order valence-electron chi connectivity index (χ2n) is 6.86. The number of hydrogen-bond donors (Lipinski definition) is 1. The zero-order chi connectivity index (χ0) is 18.2. The van der Waals surface area contributed by atoms with Crippen molar-refractivity contribution in [3.8, 4) is 16.9 Å². The molecule has 0 radical (unpaired) electrons. The van der Waals surface area contributed by atoms with E-state index in [-0.39, 0.29) is 5.78 Å². The highest BCUT2D eigenvalue weighted by molar-refractivity contribution is 6.02. The fourth-order valence-electron chi connectivity index (χ4n) is 3.18. The van der Waals surface area contributed by atoms with E-state index in [9.17, 15) is 14.7 Å². The van der Waals surface area contributed by atoms with Crippen molar-refractivity contribution in [2.24, 2.45) is 0 Å². The van der Waals surface area contributed by atoms with Crippen LogP contribution in [0.2, 0.25) is 0 Å². The quantitative estimate of drug-likeness (QED) is 0.883. The molecule has 0 atom stereocenters. The Morgan fingerprint density at radius 1 is 1.12 bits per heavy atom. The third kappa shape index (κ3) is 3.16. The summed E-state index contributed by atoms with van der Waals surface area (Å²) >= 11 is 0. The fraction of sp³-hybridized carbons (Fsp3) is 0.333. The minimum atomic E-state index is -1.38. The maximum Gasteiger partial charge on any atom is 0.347 e. The summed E-state index contributed by atoms with van der Waals surface area (Å²) in [6.07, 6.45) is 2.07. The smallest absolute Gasteiger partial charge is 0.347 e. The number of rotatable bonds is 5. The van der Waals surface area contributed by atoms with Crippen molar-refractivity contribution in [3.05, 3.63) is 53.1 Å². The molecule has 0 aromatic heterocycles. The van der Waals surface area contributed by atoms with E-state index in [2.05, 4.69) is 13.0 Å². The van der Waals surface area contributed by atoms with E-state index >= 15 is 0 Å². The van der Waals surface area contributed by atoms with Crippen molar-refractivity contribution < 1.29 is 19.4 Å². The topological polar surface area (TPSA) is 63.6 Å². The number of carbonyl (C=O) groups excluding carboxylic acids is 1. The molecular formula is C21H22O4. The van der Waals surface area contributed by atoms with Gasteiger partial charge in [0.25, 0.3) is 0 Å². The SMILES string of the molecule is CCc1ccccc1-c1cc2c(cc1OC(C)(C)C(=O)O)C(=O)CC2. The first-order valence-electron chi connectivity index (χ1n) is 8.54. The average molecular weight is 338 g/mol. The van der Waals surface area contributed by atoms with Crippen molar-refractivity contribution >= 4 is 11.8 Å². The van der Waals surface area contributed by atoms with Gasteiger partial charge < -0.3 is 9.84 Å². The molecule has 1 N–H and O–H groups in total. The lowest BCUT2D eigenvalue weighted by Crippen LogP contribution is -2.38. The molecule has 1 aliphatic rings. The Balaban J connectivity index is 2.20. The Morgan fingerprint density at radius 3 is 2.52 bits per heavy atom. The zero-order valence-corrected chi connectivity index (χ0v) is 14.8. The Morgan fingerprint density at radius 2 is 1.84 bits per heavy atom. The van der Waals surface area contributed by atoms with Crippen LogP contribution in [0.3, 0.4) is 0 Å². The Kier molecular flexibility index (Phi) is 4.38. The van der Waals surface area contributed by atoms with Gasteiger partial charge in [0.15, 0.2) is 11.4 Å². The second-order valence-corrected chi connectivity index (χ2v) is 6.86. The van der Waals surface area contributed by atoms with Crippen LogP contribution in [0, 0.1) is 0 Å². The molecule has 1 aliphatic carbocycles. The fourth-order valence-corrected chi connectivity index (χ4v) is 3.18. The van der Waals surface area contributed by atoms with Crippen LogP contribution < -0.4 is 4.74 Å². The van der Waals surface area contributed by atoms with E-state index in [4.69, 9.17) is 4.74 Å².